The van der Waals surface area contributed by atoms with Crippen LogP contribution in [0, 0.1) is 0 Å². The van der Waals surface area contributed by atoms with Crippen molar-refractivity contribution in [3.05, 3.63) is 168 Å². The molecule has 2 nitrogen and oxygen atoms in total. The van der Waals surface area contributed by atoms with E-state index in [4.69, 9.17) is 0 Å². The van der Waals surface area contributed by atoms with E-state index in [9.17, 15) is 0 Å². The van der Waals surface area contributed by atoms with Gasteiger partial charge < -0.3 is 9.80 Å². The van der Waals surface area contributed by atoms with E-state index in [2.05, 4.69) is 232 Å². The molecule has 0 spiro atoms. The van der Waals surface area contributed by atoms with Gasteiger partial charge in [0.15, 0.2) is 0 Å². The molecule has 0 unspecified atom stereocenters. The van der Waals surface area contributed by atoms with Gasteiger partial charge in [-0.3, -0.25) is 0 Å². The molecule has 3 heteroatoms. The largest absolute Gasteiger partial charge is 0.311 e. The van der Waals surface area contributed by atoms with Gasteiger partial charge in [-0.15, -0.1) is 0 Å². The zero-order chi connectivity index (χ0) is 38.8. The van der Waals surface area contributed by atoms with Gasteiger partial charge in [0.1, 0.15) is 0 Å². The van der Waals surface area contributed by atoms with Gasteiger partial charge in [0.2, 0.25) is 0 Å². The lowest BCUT2D eigenvalue weighted by Crippen LogP contribution is -2.14. The topological polar surface area (TPSA) is 6.48 Å². The van der Waals surface area contributed by atoms with Crippen molar-refractivity contribution in [1.82, 2.24) is 0 Å². The normalized spacial score (nSPS) is 12.2. The van der Waals surface area contributed by atoms with Crippen LogP contribution in [-0.4, -0.2) is 0 Å². The molecule has 6 aromatic carbocycles. The fourth-order valence-electron chi connectivity index (χ4n) is 6.70. The number of hydrogen-bond acceptors (Lipinski definition) is 3. The first-order valence-corrected chi connectivity index (χ1v) is 20.2. The van der Waals surface area contributed by atoms with Crippen LogP contribution in [0.25, 0.3) is 0 Å². The minimum absolute atomic E-state index is 0.101. The molecule has 0 fully saturated rings. The van der Waals surface area contributed by atoms with E-state index in [0.717, 1.165) is 34.1 Å². The number of nitrogens with zero attached hydrogens (tertiary/aromatic N) is 2. The highest BCUT2D eigenvalue weighted by molar-refractivity contribution is 7.99. The summed E-state index contributed by atoms with van der Waals surface area (Å²) >= 11 is 1.79. The van der Waals surface area contributed by atoms with Crippen molar-refractivity contribution in [3.8, 4) is 0 Å². The zero-order valence-corrected chi connectivity index (χ0v) is 35.1. The molecule has 54 heavy (non-hydrogen) atoms. The Morgan fingerprint density at radius 3 is 0.778 bits per heavy atom. The van der Waals surface area contributed by atoms with Crippen LogP contribution in [0.15, 0.2) is 155 Å². The maximum Gasteiger partial charge on any atom is 0.0462 e. The molecule has 0 saturated carbocycles. The van der Waals surface area contributed by atoms with Crippen LogP contribution in [0.3, 0.4) is 0 Å². The minimum atomic E-state index is 0.101. The summed E-state index contributed by atoms with van der Waals surface area (Å²) in [5.41, 5.74) is 12.5. The Kier molecular flexibility index (Phi) is 11.2. The number of hydrogen-bond donors (Lipinski definition) is 0. The van der Waals surface area contributed by atoms with Gasteiger partial charge >= 0.3 is 0 Å². The average Bonchev–Trinajstić information content (AvgIpc) is 3.13. The van der Waals surface area contributed by atoms with Crippen LogP contribution in [0.2, 0.25) is 0 Å². The molecule has 0 aromatic heterocycles. The van der Waals surface area contributed by atoms with Gasteiger partial charge in [-0.1, -0.05) is 136 Å². The zero-order valence-electron chi connectivity index (χ0n) is 34.2. The van der Waals surface area contributed by atoms with E-state index in [1.165, 1.54) is 32.0 Å². The first-order valence-electron chi connectivity index (χ1n) is 19.4. The molecule has 0 heterocycles. The Morgan fingerprint density at radius 1 is 0.333 bits per heavy atom. The molecule has 0 aliphatic carbocycles. The molecule has 0 aliphatic heterocycles. The van der Waals surface area contributed by atoms with Crippen LogP contribution in [0.1, 0.15) is 104 Å². The maximum absolute atomic E-state index is 2.36. The maximum atomic E-state index is 2.36. The van der Waals surface area contributed by atoms with E-state index in [-0.39, 0.29) is 16.2 Å². The first kappa shape index (κ1) is 39.0. The molecular formula is C51H58N2S. The Hall–Kier alpha value is -4.73. The molecule has 0 aliphatic rings. The third-order valence-electron chi connectivity index (χ3n) is 10.2. The lowest BCUT2D eigenvalue weighted by molar-refractivity contribution is 0.590. The molecule has 0 saturated heterocycles. The summed E-state index contributed by atoms with van der Waals surface area (Å²) in [7, 11) is 0. The van der Waals surface area contributed by atoms with Crippen molar-refractivity contribution in [2.45, 2.75) is 108 Å². The van der Waals surface area contributed by atoms with Crippen molar-refractivity contribution in [2.24, 2.45) is 0 Å². The molecule has 6 rings (SSSR count). The minimum Gasteiger partial charge on any atom is -0.311 e. The van der Waals surface area contributed by atoms with Crippen LogP contribution < -0.4 is 9.80 Å². The van der Waals surface area contributed by atoms with Gasteiger partial charge in [0, 0.05) is 43.9 Å². The SMILES string of the molecule is CC(C)c1ccc(N(c2ccc(Sc3ccc(N(c4ccc(C(C)(C)C)cc4)c4ccc(C(C)(C)C)cc4)cc3)cc2)c2ccc(C(C)(C)C)cc2)cc1. The number of benzene rings is 6. The van der Waals surface area contributed by atoms with E-state index >= 15 is 0 Å². The quantitative estimate of drug-likeness (QED) is 0.146. The third-order valence-corrected chi connectivity index (χ3v) is 11.2. The second kappa shape index (κ2) is 15.6. The molecule has 0 bridgehead atoms. The van der Waals surface area contributed by atoms with Crippen molar-refractivity contribution in [2.75, 3.05) is 9.80 Å². The highest BCUT2D eigenvalue weighted by atomic mass is 32.2. The Balaban J connectivity index is 1.27. The monoisotopic (exact) mass is 730 g/mol. The average molecular weight is 731 g/mol. The van der Waals surface area contributed by atoms with Crippen molar-refractivity contribution < 1.29 is 0 Å². The van der Waals surface area contributed by atoms with Crippen LogP contribution in [0.4, 0.5) is 34.1 Å². The third kappa shape index (κ3) is 9.13. The predicted octanol–water partition coefficient (Wildman–Crippen LogP) is 15.8. The molecule has 278 valence electrons. The van der Waals surface area contributed by atoms with Crippen LogP contribution in [-0.2, 0) is 16.2 Å². The highest BCUT2D eigenvalue weighted by Gasteiger charge is 2.20. The summed E-state index contributed by atoms with van der Waals surface area (Å²) in [6, 6.07) is 54.1. The highest BCUT2D eigenvalue weighted by Crippen LogP contribution is 2.41. The fraction of sp³-hybridized carbons (Fsp3) is 0.294. The summed E-state index contributed by atoms with van der Waals surface area (Å²) < 4.78 is 0. The fourth-order valence-corrected chi connectivity index (χ4v) is 7.51. The second-order valence-electron chi connectivity index (χ2n) is 17.9. The standard InChI is InChI=1S/C51H58N2S/c1-36(2)37-12-20-41(21-13-37)52(42-22-14-38(15-23-42)49(3,4)5)45-28-32-47(33-29-45)54-48-34-30-46(31-35-48)53(43-24-16-39(17-25-43)50(6,7)8)44-26-18-40(19-27-44)51(9,10)11/h12-36H,1-11H3. The molecule has 6 aromatic rings. The number of anilines is 6. The van der Waals surface area contributed by atoms with E-state index < -0.39 is 0 Å². The van der Waals surface area contributed by atoms with Gasteiger partial charge in [-0.2, -0.15) is 0 Å². The van der Waals surface area contributed by atoms with Crippen LogP contribution in [0.5, 0.6) is 0 Å². The van der Waals surface area contributed by atoms with Crippen LogP contribution >= 0.6 is 11.8 Å². The summed E-state index contributed by atoms with van der Waals surface area (Å²) in [4.78, 5) is 7.13. The molecular weight excluding hydrogens is 673 g/mol. The van der Waals surface area contributed by atoms with E-state index in [1.807, 2.05) is 0 Å². The smallest absolute Gasteiger partial charge is 0.0462 e. The Labute approximate surface area is 330 Å². The van der Waals surface area contributed by atoms with Crippen molar-refractivity contribution in [3.63, 3.8) is 0 Å². The van der Waals surface area contributed by atoms with E-state index in [0.29, 0.717) is 5.92 Å². The second-order valence-corrected chi connectivity index (χ2v) is 19.0. The summed E-state index contributed by atoms with van der Waals surface area (Å²) in [5.74, 6) is 0.493. The molecule has 0 N–H and O–H groups in total. The lowest BCUT2D eigenvalue weighted by Gasteiger charge is -2.28. The first-order chi connectivity index (χ1) is 25.5. The Morgan fingerprint density at radius 2 is 0.556 bits per heavy atom. The molecule has 0 amide bonds. The Bertz CT molecular complexity index is 2050. The number of rotatable bonds is 9. The lowest BCUT2D eigenvalue weighted by atomic mass is 9.86. The van der Waals surface area contributed by atoms with Gasteiger partial charge in [0.25, 0.3) is 0 Å². The summed E-state index contributed by atoms with van der Waals surface area (Å²) in [5, 5.41) is 0. The summed E-state index contributed by atoms with van der Waals surface area (Å²) in [6.45, 7) is 24.9. The van der Waals surface area contributed by atoms with E-state index in [1.54, 1.807) is 11.8 Å². The van der Waals surface area contributed by atoms with Gasteiger partial charge in [-0.25, -0.2) is 0 Å². The van der Waals surface area contributed by atoms with Crippen molar-refractivity contribution >= 4 is 45.9 Å². The predicted molar refractivity (Wildman–Crippen MR) is 237 cm³/mol. The van der Waals surface area contributed by atoms with Gasteiger partial charge in [-0.05, 0) is 141 Å². The molecule has 0 atom stereocenters. The van der Waals surface area contributed by atoms with Crippen molar-refractivity contribution in [1.29, 1.82) is 0 Å². The summed E-state index contributed by atoms with van der Waals surface area (Å²) in [6.07, 6.45) is 0. The molecule has 0 radical (unpaired) electrons. The van der Waals surface area contributed by atoms with Gasteiger partial charge in [0.05, 0.1) is 0 Å².